The van der Waals surface area contributed by atoms with Crippen LogP contribution >= 0.6 is 0 Å². The highest BCUT2D eigenvalue weighted by Gasteiger charge is 2.27. The highest BCUT2D eigenvalue weighted by atomic mass is 16.4. The molecule has 3 unspecified atom stereocenters. The van der Waals surface area contributed by atoms with Gasteiger partial charge < -0.3 is 21.3 Å². The van der Waals surface area contributed by atoms with Crippen molar-refractivity contribution in [1.29, 1.82) is 0 Å². The summed E-state index contributed by atoms with van der Waals surface area (Å²) in [5.74, 6) is -1.90. The van der Waals surface area contributed by atoms with Crippen LogP contribution in [0.2, 0.25) is 0 Å². The smallest absolute Gasteiger partial charge is 0.328 e. The number of carbonyl (C=O) groups excluding carboxylic acids is 1. The number of benzene rings is 2. The number of fused-ring (bicyclic) bond motifs is 1. The van der Waals surface area contributed by atoms with E-state index in [4.69, 9.17) is 10.8 Å². The Balaban J connectivity index is 0.000000266. The van der Waals surface area contributed by atoms with Crippen LogP contribution in [0.3, 0.4) is 0 Å². The molecule has 0 saturated carbocycles. The number of aliphatic hydroxyl groups excluding tert-OH is 1. The summed E-state index contributed by atoms with van der Waals surface area (Å²) in [6, 6.07) is 14.4. The number of carbonyl (C=O) groups is 2. The normalized spacial score (nSPS) is 14.0. The number of aliphatic carboxylic acids is 1. The molecule has 0 heterocycles. The Labute approximate surface area is 156 Å². The summed E-state index contributed by atoms with van der Waals surface area (Å²) in [6.45, 7) is 1.29. The summed E-state index contributed by atoms with van der Waals surface area (Å²) >= 11 is 0. The predicted molar refractivity (Wildman–Crippen MR) is 102 cm³/mol. The third kappa shape index (κ3) is 5.73. The highest BCUT2D eigenvalue weighted by Crippen LogP contribution is 2.11. The molecule has 5 N–H and O–H groups in total. The first kappa shape index (κ1) is 20.3. The molecule has 142 valence electrons. The zero-order valence-corrected chi connectivity index (χ0v) is 14.8. The average Bonchev–Trinajstić information content (AvgIpc) is 3.31. The largest absolute Gasteiger partial charge is 0.480 e. The van der Waals surface area contributed by atoms with Gasteiger partial charge in [-0.2, -0.15) is 0 Å². The van der Waals surface area contributed by atoms with Crippen LogP contribution < -0.4 is 16.5 Å². The van der Waals surface area contributed by atoms with E-state index in [-0.39, 0.29) is 5.43 Å². The summed E-state index contributed by atoms with van der Waals surface area (Å²) in [5, 5.41) is 22.1. The number of rotatable bonds is 6. The van der Waals surface area contributed by atoms with Crippen molar-refractivity contribution in [3.8, 4) is 0 Å². The van der Waals surface area contributed by atoms with Gasteiger partial charge in [-0.1, -0.05) is 54.6 Å². The molecule has 0 saturated heterocycles. The van der Waals surface area contributed by atoms with Gasteiger partial charge in [-0.15, -0.1) is 0 Å². The van der Waals surface area contributed by atoms with Crippen molar-refractivity contribution in [3.05, 3.63) is 70.4 Å². The van der Waals surface area contributed by atoms with Crippen LogP contribution in [-0.2, 0) is 16.0 Å². The first-order valence-electron chi connectivity index (χ1n) is 8.45. The SMILES string of the molecule is CC(O)C(NC(=O)C(N)Cc1ccccc1)C(=O)O.O=c1c2ccccc12. The monoisotopic (exact) mass is 370 g/mol. The zero-order valence-electron chi connectivity index (χ0n) is 14.8. The second-order valence-electron chi connectivity index (χ2n) is 6.24. The molecule has 0 fully saturated rings. The minimum Gasteiger partial charge on any atom is -0.480 e. The quantitative estimate of drug-likeness (QED) is 0.502. The fourth-order valence-corrected chi connectivity index (χ4v) is 2.44. The molecule has 0 aliphatic heterocycles. The molecule has 0 spiro atoms. The first-order chi connectivity index (χ1) is 12.8. The molecule has 0 aliphatic carbocycles. The molecule has 0 radical (unpaired) electrons. The lowest BCUT2D eigenvalue weighted by Gasteiger charge is -2.19. The molecule has 3 atom stereocenters. The van der Waals surface area contributed by atoms with Crippen molar-refractivity contribution in [2.45, 2.75) is 31.5 Å². The van der Waals surface area contributed by atoms with Crippen molar-refractivity contribution in [2.24, 2.45) is 5.73 Å². The standard InChI is InChI=1S/C13H18N2O4.C7H4O/c1-8(16)11(13(18)19)15-12(17)10(14)7-9-5-3-2-4-6-9;8-7-5-3-1-2-4-6(5)7/h2-6,8,10-11,16H,7,14H2,1H3,(H,15,17)(H,18,19);1-4H. The molecule has 3 aromatic rings. The van der Waals surface area contributed by atoms with Crippen LogP contribution in [0.25, 0.3) is 10.8 Å². The summed E-state index contributed by atoms with van der Waals surface area (Å²) in [4.78, 5) is 33.1. The molecule has 1 amide bonds. The minimum atomic E-state index is -1.35. The zero-order chi connectivity index (χ0) is 20.0. The number of carboxylic acids is 1. The fraction of sp³-hybridized carbons (Fsp3) is 0.250. The van der Waals surface area contributed by atoms with Crippen molar-refractivity contribution in [1.82, 2.24) is 5.32 Å². The number of carboxylic acid groups (broad SMARTS) is 1. The van der Waals surface area contributed by atoms with E-state index < -0.39 is 30.1 Å². The fourth-order valence-electron chi connectivity index (χ4n) is 2.44. The average molecular weight is 370 g/mol. The number of nitrogens with one attached hydrogen (secondary N) is 1. The Morgan fingerprint density at radius 2 is 1.56 bits per heavy atom. The molecular weight excluding hydrogens is 348 g/mol. The lowest BCUT2D eigenvalue weighted by atomic mass is 10.1. The van der Waals surface area contributed by atoms with Crippen LogP contribution in [0.5, 0.6) is 0 Å². The predicted octanol–water partition coefficient (Wildman–Crippen LogP) is 0.582. The van der Waals surface area contributed by atoms with Gasteiger partial charge >= 0.3 is 5.97 Å². The van der Waals surface area contributed by atoms with Gasteiger partial charge in [0.05, 0.1) is 12.1 Å². The van der Waals surface area contributed by atoms with Gasteiger partial charge in [0, 0.05) is 10.8 Å². The van der Waals surface area contributed by atoms with E-state index in [9.17, 15) is 19.5 Å². The second kappa shape index (κ2) is 9.07. The maximum absolute atomic E-state index is 11.8. The molecule has 0 aliphatic rings. The van der Waals surface area contributed by atoms with Crippen molar-refractivity contribution >= 4 is 22.6 Å². The lowest BCUT2D eigenvalue weighted by molar-refractivity contribution is -0.144. The molecule has 3 rings (SSSR count). The van der Waals surface area contributed by atoms with Crippen LogP contribution in [0.15, 0.2) is 59.4 Å². The molecular formula is C20H22N2O5. The Bertz CT molecular complexity index is 882. The van der Waals surface area contributed by atoms with Crippen molar-refractivity contribution < 1.29 is 19.8 Å². The third-order valence-corrected chi connectivity index (χ3v) is 4.04. The topological polar surface area (TPSA) is 130 Å². The number of aliphatic hydroxyl groups is 1. The van der Waals surface area contributed by atoms with Crippen LogP contribution in [0, 0.1) is 0 Å². The number of hydrogen-bond donors (Lipinski definition) is 4. The van der Waals surface area contributed by atoms with Crippen LogP contribution in [-0.4, -0.2) is 40.3 Å². The minimum absolute atomic E-state index is 0.218. The summed E-state index contributed by atoms with van der Waals surface area (Å²) in [6.07, 6.45) is -0.885. The maximum Gasteiger partial charge on any atom is 0.328 e. The molecule has 3 aromatic carbocycles. The van der Waals surface area contributed by atoms with Gasteiger partial charge in [0.25, 0.3) is 0 Å². The van der Waals surface area contributed by atoms with E-state index in [1.165, 1.54) is 6.92 Å². The summed E-state index contributed by atoms with van der Waals surface area (Å²) < 4.78 is 0. The Morgan fingerprint density at radius 3 is 2.00 bits per heavy atom. The molecule has 7 heteroatoms. The molecule has 7 nitrogen and oxygen atoms in total. The van der Waals surface area contributed by atoms with Crippen molar-refractivity contribution in [2.75, 3.05) is 0 Å². The second-order valence-corrected chi connectivity index (χ2v) is 6.24. The van der Waals surface area contributed by atoms with E-state index in [0.29, 0.717) is 6.42 Å². The maximum atomic E-state index is 11.8. The van der Waals surface area contributed by atoms with E-state index in [1.54, 1.807) is 0 Å². The molecule has 0 aromatic heterocycles. The van der Waals surface area contributed by atoms with Crippen LogP contribution in [0.4, 0.5) is 0 Å². The van der Waals surface area contributed by atoms with Gasteiger partial charge in [0.2, 0.25) is 5.91 Å². The van der Waals surface area contributed by atoms with E-state index in [2.05, 4.69) is 5.32 Å². The van der Waals surface area contributed by atoms with Crippen LogP contribution in [0.1, 0.15) is 12.5 Å². The van der Waals surface area contributed by atoms with E-state index in [0.717, 1.165) is 16.3 Å². The number of hydrogen-bond acceptors (Lipinski definition) is 5. The van der Waals surface area contributed by atoms with Gasteiger partial charge in [0.1, 0.15) is 0 Å². The Hall–Kier alpha value is -3.03. The Morgan fingerprint density at radius 1 is 1.04 bits per heavy atom. The Kier molecular flexibility index (Phi) is 6.81. The first-order valence-corrected chi connectivity index (χ1v) is 8.45. The van der Waals surface area contributed by atoms with Gasteiger partial charge in [0.15, 0.2) is 11.5 Å². The lowest BCUT2D eigenvalue weighted by Crippen LogP contribution is -2.53. The highest BCUT2D eigenvalue weighted by molar-refractivity contribution is 5.97. The molecule has 0 bridgehead atoms. The molecule has 27 heavy (non-hydrogen) atoms. The third-order valence-electron chi connectivity index (χ3n) is 4.04. The number of amides is 1. The summed E-state index contributed by atoms with van der Waals surface area (Å²) in [7, 11) is 0. The number of nitrogens with two attached hydrogens (primary N) is 1. The van der Waals surface area contributed by atoms with Gasteiger partial charge in [-0.05, 0) is 18.9 Å². The van der Waals surface area contributed by atoms with Crippen molar-refractivity contribution in [3.63, 3.8) is 0 Å². The van der Waals surface area contributed by atoms with E-state index in [1.807, 2.05) is 54.6 Å². The van der Waals surface area contributed by atoms with E-state index >= 15 is 0 Å². The van der Waals surface area contributed by atoms with Gasteiger partial charge in [-0.25, -0.2) is 4.79 Å². The van der Waals surface area contributed by atoms with Gasteiger partial charge in [-0.3, -0.25) is 9.59 Å². The summed E-state index contributed by atoms with van der Waals surface area (Å²) in [5.41, 5.74) is 6.81.